The lowest BCUT2D eigenvalue weighted by Gasteiger charge is -2.33. The molecule has 0 bridgehead atoms. The number of para-hydroxylation sites is 1. The zero-order valence-electron chi connectivity index (χ0n) is 15.1. The van der Waals surface area contributed by atoms with Crippen LogP contribution < -0.4 is 4.90 Å². The molecule has 1 aliphatic rings. The smallest absolute Gasteiger partial charge is 0.415 e. The fourth-order valence-electron chi connectivity index (χ4n) is 2.33. The van der Waals surface area contributed by atoms with Crippen molar-refractivity contribution in [1.29, 1.82) is 0 Å². The summed E-state index contributed by atoms with van der Waals surface area (Å²) in [7, 11) is -7.88. The Labute approximate surface area is 145 Å². The molecule has 0 aromatic heterocycles. The summed E-state index contributed by atoms with van der Waals surface area (Å²) in [6.45, 7) is 11.8. The standard InChI is InChI=1S/C15H26NO5PSi2/c1-23(2,3)20-22(18,21-24(4,5)6)14-12-16(15(17)19-14)13-10-8-7-9-11-13/h7-11,14H,12H2,1-6H3. The number of carbonyl (C=O) groups excluding carboxylic acids is 1. The Morgan fingerprint density at radius 3 is 2.00 bits per heavy atom. The molecule has 2 rings (SSSR count). The largest absolute Gasteiger partial charge is 0.431 e. The summed E-state index contributed by atoms with van der Waals surface area (Å²) in [4.78, 5) is 13.7. The highest BCUT2D eigenvalue weighted by atomic mass is 31.2. The number of nitrogens with zero attached hydrogens (tertiary/aromatic N) is 1. The van der Waals surface area contributed by atoms with E-state index >= 15 is 0 Å². The third-order valence-corrected chi connectivity index (χ3v) is 10.4. The van der Waals surface area contributed by atoms with Crippen molar-refractivity contribution < 1.29 is 22.5 Å². The number of rotatable bonds is 6. The topological polar surface area (TPSA) is 65.1 Å². The molecule has 0 spiro atoms. The first kappa shape index (κ1) is 19.4. The van der Waals surface area contributed by atoms with Gasteiger partial charge in [0.25, 0.3) is 0 Å². The van der Waals surface area contributed by atoms with Gasteiger partial charge in [0.1, 0.15) is 0 Å². The molecule has 1 aromatic carbocycles. The van der Waals surface area contributed by atoms with Gasteiger partial charge in [0.15, 0.2) is 16.6 Å². The Kier molecular flexibility index (Phi) is 5.47. The van der Waals surface area contributed by atoms with Crippen LogP contribution >= 0.6 is 7.60 Å². The quantitative estimate of drug-likeness (QED) is 0.515. The second kappa shape index (κ2) is 6.76. The Balaban J connectivity index is 2.28. The van der Waals surface area contributed by atoms with Crippen molar-refractivity contribution >= 4 is 36.0 Å². The van der Waals surface area contributed by atoms with Gasteiger partial charge in [-0.3, -0.25) is 9.46 Å². The van der Waals surface area contributed by atoms with Crippen molar-refractivity contribution in [2.45, 2.75) is 45.1 Å². The van der Waals surface area contributed by atoms with E-state index in [1.54, 1.807) is 0 Å². The van der Waals surface area contributed by atoms with E-state index in [0.717, 1.165) is 0 Å². The third kappa shape index (κ3) is 5.03. The van der Waals surface area contributed by atoms with E-state index in [9.17, 15) is 9.36 Å². The molecule has 1 amide bonds. The van der Waals surface area contributed by atoms with Crippen molar-refractivity contribution in [3.8, 4) is 0 Å². The highest BCUT2D eigenvalue weighted by Gasteiger charge is 2.50. The second-order valence-corrected chi connectivity index (χ2v) is 19.3. The van der Waals surface area contributed by atoms with Gasteiger partial charge in [0, 0.05) is 5.69 Å². The normalized spacial score (nSPS) is 19.5. The summed E-state index contributed by atoms with van der Waals surface area (Å²) >= 11 is 0. The van der Waals surface area contributed by atoms with Gasteiger partial charge in [-0.15, -0.1) is 0 Å². The molecule has 0 saturated carbocycles. The molecule has 0 aliphatic carbocycles. The van der Waals surface area contributed by atoms with Gasteiger partial charge >= 0.3 is 13.7 Å². The van der Waals surface area contributed by atoms with Crippen LogP contribution in [0.25, 0.3) is 0 Å². The zero-order chi connectivity index (χ0) is 18.2. The van der Waals surface area contributed by atoms with Gasteiger partial charge in [-0.2, -0.15) is 0 Å². The lowest BCUT2D eigenvalue weighted by Crippen LogP contribution is -2.34. The fourth-order valence-corrected chi connectivity index (χ4v) is 10.4. The Morgan fingerprint density at radius 2 is 1.54 bits per heavy atom. The molecule has 1 atom stereocenters. The van der Waals surface area contributed by atoms with Crippen LogP contribution in [-0.4, -0.2) is 35.1 Å². The summed E-state index contributed by atoms with van der Waals surface area (Å²) in [5.74, 6) is -0.899. The summed E-state index contributed by atoms with van der Waals surface area (Å²) in [6, 6.07) is 9.18. The molecule has 1 unspecified atom stereocenters. The molecular weight excluding hydrogens is 361 g/mol. The van der Waals surface area contributed by atoms with Crippen molar-refractivity contribution in [3.63, 3.8) is 0 Å². The molecular formula is C15H26NO5PSi2. The van der Waals surface area contributed by atoms with E-state index in [0.29, 0.717) is 5.69 Å². The van der Waals surface area contributed by atoms with Crippen LogP contribution in [0.5, 0.6) is 0 Å². The van der Waals surface area contributed by atoms with Gasteiger partial charge in [-0.25, -0.2) is 4.79 Å². The Morgan fingerprint density at radius 1 is 1.04 bits per heavy atom. The van der Waals surface area contributed by atoms with E-state index in [1.165, 1.54) is 4.90 Å². The number of cyclic esters (lactones) is 1. The first-order chi connectivity index (χ1) is 10.9. The predicted octanol–water partition coefficient (Wildman–Crippen LogP) is 4.87. The molecule has 1 heterocycles. The van der Waals surface area contributed by atoms with Crippen LogP contribution in [0.1, 0.15) is 0 Å². The van der Waals surface area contributed by atoms with Gasteiger partial charge in [-0.05, 0) is 51.4 Å². The number of hydrogen-bond donors (Lipinski definition) is 0. The second-order valence-electron chi connectivity index (χ2n) is 7.73. The molecule has 1 fully saturated rings. The molecule has 1 saturated heterocycles. The first-order valence-corrected chi connectivity index (χ1v) is 16.4. The van der Waals surface area contributed by atoms with E-state index < -0.39 is 36.2 Å². The Bertz CT molecular complexity index is 622. The molecule has 0 N–H and O–H groups in total. The summed E-state index contributed by atoms with van der Waals surface area (Å²) in [6.07, 6.45) is -0.523. The van der Waals surface area contributed by atoms with Gasteiger partial charge in [0.2, 0.25) is 5.85 Å². The predicted molar refractivity (Wildman–Crippen MR) is 101 cm³/mol. The van der Waals surface area contributed by atoms with Crippen molar-refractivity contribution in [1.82, 2.24) is 0 Å². The number of hydrogen-bond acceptors (Lipinski definition) is 5. The minimum absolute atomic E-state index is 0.162. The maximum Gasteiger partial charge on any atom is 0.415 e. The molecule has 24 heavy (non-hydrogen) atoms. The van der Waals surface area contributed by atoms with Crippen LogP contribution in [-0.2, 0) is 17.7 Å². The van der Waals surface area contributed by atoms with Crippen LogP contribution in [0.4, 0.5) is 10.5 Å². The summed E-state index contributed by atoms with van der Waals surface area (Å²) in [5, 5.41) is 0. The zero-order valence-corrected chi connectivity index (χ0v) is 18.0. The van der Waals surface area contributed by atoms with E-state index in [2.05, 4.69) is 0 Å². The summed E-state index contributed by atoms with van der Waals surface area (Å²) in [5.41, 5.74) is 0.706. The molecule has 6 nitrogen and oxygen atoms in total. The molecule has 1 aromatic rings. The first-order valence-electron chi connectivity index (χ1n) is 7.94. The van der Waals surface area contributed by atoms with E-state index in [-0.39, 0.29) is 6.54 Å². The number of carbonyl (C=O) groups is 1. The lowest BCUT2D eigenvalue weighted by atomic mass is 10.3. The van der Waals surface area contributed by atoms with Crippen LogP contribution in [0, 0.1) is 0 Å². The van der Waals surface area contributed by atoms with E-state index in [1.807, 2.05) is 69.6 Å². The van der Waals surface area contributed by atoms with Crippen molar-refractivity contribution in [2.24, 2.45) is 0 Å². The van der Waals surface area contributed by atoms with Crippen LogP contribution in [0.2, 0.25) is 39.3 Å². The minimum Gasteiger partial charge on any atom is -0.431 e. The maximum atomic E-state index is 13.5. The van der Waals surface area contributed by atoms with Gasteiger partial charge in [-0.1, -0.05) is 18.2 Å². The average Bonchev–Trinajstić information content (AvgIpc) is 2.78. The minimum atomic E-state index is -3.57. The van der Waals surface area contributed by atoms with Gasteiger partial charge in [0.05, 0.1) is 6.54 Å². The Hall–Kier alpha value is -0.926. The fraction of sp³-hybridized carbons (Fsp3) is 0.533. The van der Waals surface area contributed by atoms with Crippen molar-refractivity contribution in [2.75, 3.05) is 11.4 Å². The maximum absolute atomic E-state index is 13.5. The number of anilines is 1. The number of benzene rings is 1. The molecule has 134 valence electrons. The van der Waals surface area contributed by atoms with Gasteiger partial charge < -0.3 is 13.2 Å². The van der Waals surface area contributed by atoms with Crippen LogP contribution in [0.3, 0.4) is 0 Å². The highest BCUT2D eigenvalue weighted by Crippen LogP contribution is 2.59. The van der Waals surface area contributed by atoms with Crippen LogP contribution in [0.15, 0.2) is 30.3 Å². The van der Waals surface area contributed by atoms with E-state index in [4.69, 9.17) is 13.2 Å². The van der Waals surface area contributed by atoms with Crippen molar-refractivity contribution in [3.05, 3.63) is 30.3 Å². The number of amides is 1. The molecule has 1 aliphatic heterocycles. The third-order valence-electron chi connectivity index (χ3n) is 3.02. The lowest BCUT2D eigenvalue weighted by molar-refractivity contribution is 0.157. The molecule has 9 heteroatoms. The SMILES string of the molecule is C[Si](C)(C)OP(=O)(O[Si](C)(C)C)C1CN(c2ccccc2)C(=O)O1. The summed E-state index contributed by atoms with van der Waals surface area (Å²) < 4.78 is 30.7. The average molecular weight is 388 g/mol. The highest BCUT2D eigenvalue weighted by molar-refractivity contribution is 7.57. The number of ether oxygens (including phenoxy) is 1. The monoisotopic (exact) mass is 387 g/mol. The molecule has 0 radical (unpaired) electrons.